The van der Waals surface area contributed by atoms with Gasteiger partial charge in [-0.05, 0) is 43.7 Å². The number of hydrogen-bond acceptors (Lipinski definition) is 3. The van der Waals surface area contributed by atoms with Crippen molar-refractivity contribution >= 4 is 21.6 Å². The molecule has 1 aromatic rings. The van der Waals surface area contributed by atoms with Gasteiger partial charge in [0.25, 0.3) is 0 Å². The lowest BCUT2D eigenvalue weighted by atomic mass is 10.1. The summed E-state index contributed by atoms with van der Waals surface area (Å²) in [6.07, 6.45) is 2.49. The van der Waals surface area contributed by atoms with E-state index in [0.29, 0.717) is 6.04 Å². The molecule has 1 aliphatic rings. The van der Waals surface area contributed by atoms with Gasteiger partial charge in [0.05, 0.1) is 6.61 Å². The molecule has 1 aromatic carbocycles. The highest BCUT2D eigenvalue weighted by molar-refractivity contribution is 9.10. The zero-order valence-corrected chi connectivity index (χ0v) is 11.7. The molecule has 17 heavy (non-hydrogen) atoms. The topological polar surface area (TPSA) is 35.5 Å². The van der Waals surface area contributed by atoms with Crippen LogP contribution in [0.4, 0.5) is 5.69 Å². The Morgan fingerprint density at radius 1 is 1.47 bits per heavy atom. The second-order valence-electron chi connectivity index (χ2n) is 4.45. The van der Waals surface area contributed by atoms with E-state index in [1.54, 1.807) is 0 Å². The van der Waals surface area contributed by atoms with Crippen LogP contribution in [0.1, 0.15) is 18.4 Å². The maximum absolute atomic E-state index is 9.18. The number of halogens is 1. The lowest BCUT2D eigenvalue weighted by Crippen LogP contribution is -2.30. The van der Waals surface area contributed by atoms with Gasteiger partial charge in [0.15, 0.2) is 0 Å². The average Bonchev–Trinajstić information content (AvgIpc) is 3.11. The smallest absolute Gasteiger partial charge is 0.0606 e. The van der Waals surface area contributed by atoms with Crippen LogP contribution in [0.2, 0.25) is 0 Å². The van der Waals surface area contributed by atoms with Crippen LogP contribution in [0.3, 0.4) is 0 Å². The maximum Gasteiger partial charge on any atom is 0.0606 e. The fraction of sp³-hybridized carbons (Fsp3) is 0.538. The van der Waals surface area contributed by atoms with E-state index in [-0.39, 0.29) is 6.61 Å². The number of aliphatic hydroxyl groups is 1. The summed E-state index contributed by atoms with van der Waals surface area (Å²) in [6, 6.07) is 6.99. The van der Waals surface area contributed by atoms with E-state index >= 15 is 0 Å². The zero-order chi connectivity index (χ0) is 12.3. The molecule has 2 rings (SSSR count). The Bertz CT molecular complexity index is 380. The molecule has 0 radical (unpaired) electrons. The lowest BCUT2D eigenvalue weighted by Gasteiger charge is -2.26. The molecular weight excluding hydrogens is 280 g/mol. The van der Waals surface area contributed by atoms with Crippen molar-refractivity contribution < 1.29 is 5.11 Å². The van der Waals surface area contributed by atoms with E-state index in [4.69, 9.17) is 0 Å². The molecule has 0 heterocycles. The van der Waals surface area contributed by atoms with Crippen LogP contribution in [0, 0.1) is 0 Å². The van der Waals surface area contributed by atoms with E-state index < -0.39 is 0 Å². The Balaban J connectivity index is 2.27. The Labute approximate surface area is 111 Å². The quantitative estimate of drug-likeness (QED) is 0.845. The Hall–Kier alpha value is -0.580. The van der Waals surface area contributed by atoms with Crippen LogP contribution in [0.15, 0.2) is 22.7 Å². The fourth-order valence-electron chi connectivity index (χ4n) is 2.16. The van der Waals surface area contributed by atoms with E-state index in [9.17, 15) is 5.11 Å². The van der Waals surface area contributed by atoms with Crippen molar-refractivity contribution in [2.45, 2.75) is 25.4 Å². The summed E-state index contributed by atoms with van der Waals surface area (Å²) < 4.78 is 1.10. The van der Waals surface area contributed by atoms with Crippen molar-refractivity contribution in [3.63, 3.8) is 0 Å². The van der Waals surface area contributed by atoms with Gasteiger partial charge in [-0.25, -0.2) is 0 Å². The third kappa shape index (κ3) is 3.21. The predicted octanol–water partition coefficient (Wildman–Crippen LogP) is 2.13. The van der Waals surface area contributed by atoms with Gasteiger partial charge < -0.3 is 15.3 Å². The molecule has 0 bridgehead atoms. The molecule has 3 nitrogen and oxygen atoms in total. The van der Waals surface area contributed by atoms with Crippen LogP contribution < -0.4 is 10.2 Å². The first-order chi connectivity index (χ1) is 8.26. The molecule has 4 heteroatoms. The van der Waals surface area contributed by atoms with Gasteiger partial charge in [-0.15, -0.1) is 0 Å². The summed E-state index contributed by atoms with van der Waals surface area (Å²) in [6.45, 7) is 1.79. The number of rotatable bonds is 6. The van der Waals surface area contributed by atoms with Gasteiger partial charge in [-0.1, -0.05) is 15.9 Å². The van der Waals surface area contributed by atoms with E-state index in [0.717, 1.165) is 17.6 Å². The summed E-state index contributed by atoms with van der Waals surface area (Å²) in [5, 5.41) is 12.4. The van der Waals surface area contributed by atoms with Crippen LogP contribution in [-0.2, 0) is 6.54 Å². The normalized spacial score (nSPS) is 15.0. The molecule has 0 aromatic heterocycles. The summed E-state index contributed by atoms with van der Waals surface area (Å²) >= 11 is 3.51. The number of anilines is 1. The highest BCUT2D eigenvalue weighted by Gasteiger charge is 2.29. The van der Waals surface area contributed by atoms with Gasteiger partial charge in [0, 0.05) is 29.3 Å². The third-order valence-corrected chi connectivity index (χ3v) is 3.54. The second-order valence-corrected chi connectivity index (χ2v) is 5.37. The Morgan fingerprint density at radius 3 is 2.82 bits per heavy atom. The molecule has 1 fully saturated rings. The summed E-state index contributed by atoms with van der Waals surface area (Å²) in [5.41, 5.74) is 2.53. The third-order valence-electron chi connectivity index (χ3n) is 3.05. The molecule has 0 aliphatic heterocycles. The molecule has 0 atom stereocenters. The number of nitrogens with zero attached hydrogens (tertiary/aromatic N) is 1. The average molecular weight is 299 g/mol. The van der Waals surface area contributed by atoms with Crippen molar-refractivity contribution in [2.24, 2.45) is 0 Å². The highest BCUT2D eigenvalue weighted by atomic mass is 79.9. The Kier molecular flexibility index (Phi) is 4.42. The largest absolute Gasteiger partial charge is 0.395 e. The van der Waals surface area contributed by atoms with Crippen molar-refractivity contribution in [1.29, 1.82) is 0 Å². The van der Waals surface area contributed by atoms with Crippen LogP contribution >= 0.6 is 15.9 Å². The molecule has 0 saturated heterocycles. The van der Waals surface area contributed by atoms with Gasteiger partial charge in [-0.2, -0.15) is 0 Å². The summed E-state index contributed by atoms with van der Waals surface area (Å²) in [5.74, 6) is 0. The monoisotopic (exact) mass is 298 g/mol. The summed E-state index contributed by atoms with van der Waals surface area (Å²) in [4.78, 5) is 2.33. The first-order valence-corrected chi connectivity index (χ1v) is 6.86. The van der Waals surface area contributed by atoms with Gasteiger partial charge >= 0.3 is 0 Å². The SMILES string of the molecule is CNCc1cc(Br)ccc1N(CCO)C1CC1. The maximum atomic E-state index is 9.18. The van der Waals surface area contributed by atoms with Crippen molar-refractivity contribution in [3.8, 4) is 0 Å². The first-order valence-electron chi connectivity index (χ1n) is 6.06. The molecule has 0 unspecified atom stereocenters. The lowest BCUT2D eigenvalue weighted by molar-refractivity contribution is 0.301. The minimum Gasteiger partial charge on any atom is -0.395 e. The number of benzene rings is 1. The van der Waals surface area contributed by atoms with Crippen molar-refractivity contribution in [1.82, 2.24) is 5.32 Å². The molecule has 1 aliphatic carbocycles. The molecule has 1 saturated carbocycles. The molecule has 2 N–H and O–H groups in total. The minimum atomic E-state index is 0.214. The minimum absolute atomic E-state index is 0.214. The zero-order valence-electron chi connectivity index (χ0n) is 10.1. The van der Waals surface area contributed by atoms with E-state index in [1.807, 2.05) is 7.05 Å². The molecule has 0 amide bonds. The van der Waals surface area contributed by atoms with Gasteiger partial charge in [0.1, 0.15) is 0 Å². The molecule has 94 valence electrons. The highest BCUT2D eigenvalue weighted by Crippen LogP contribution is 2.34. The second kappa shape index (κ2) is 5.85. The summed E-state index contributed by atoms with van der Waals surface area (Å²) in [7, 11) is 1.96. The first kappa shape index (κ1) is 12.9. The van der Waals surface area contributed by atoms with Crippen molar-refractivity contribution in [2.75, 3.05) is 25.1 Å². The molecule has 0 spiro atoms. The fourth-order valence-corrected chi connectivity index (χ4v) is 2.57. The molecular formula is C13H19BrN2O. The standard InChI is InChI=1S/C13H19BrN2O/c1-15-9-10-8-11(14)2-5-13(10)16(6-7-17)12-3-4-12/h2,5,8,12,15,17H,3-4,6-7,9H2,1H3. The van der Waals surface area contributed by atoms with Crippen LogP contribution in [-0.4, -0.2) is 31.3 Å². The Morgan fingerprint density at radius 2 is 2.24 bits per heavy atom. The van der Waals surface area contributed by atoms with Gasteiger partial charge in [-0.3, -0.25) is 0 Å². The van der Waals surface area contributed by atoms with Crippen LogP contribution in [0.25, 0.3) is 0 Å². The van der Waals surface area contributed by atoms with Crippen LogP contribution in [0.5, 0.6) is 0 Å². The number of aliphatic hydroxyl groups excluding tert-OH is 1. The number of hydrogen-bond donors (Lipinski definition) is 2. The van der Waals surface area contributed by atoms with Gasteiger partial charge in [0.2, 0.25) is 0 Å². The van der Waals surface area contributed by atoms with Crippen molar-refractivity contribution in [3.05, 3.63) is 28.2 Å². The number of nitrogens with one attached hydrogen (secondary N) is 1. The predicted molar refractivity (Wildman–Crippen MR) is 74.4 cm³/mol. The van der Waals surface area contributed by atoms with E-state index in [2.05, 4.69) is 44.3 Å². The van der Waals surface area contributed by atoms with E-state index in [1.165, 1.54) is 24.1 Å².